The van der Waals surface area contributed by atoms with Crippen LogP contribution in [-0.2, 0) is 25.4 Å². The smallest absolute Gasteiger partial charge is 0.357 e. The highest BCUT2D eigenvalue weighted by atomic mass is 16.5. The molecule has 1 aromatic heterocycles. The molecule has 0 spiro atoms. The van der Waals surface area contributed by atoms with E-state index in [4.69, 9.17) is 14.2 Å². The summed E-state index contributed by atoms with van der Waals surface area (Å²) in [6, 6.07) is 1.60. The van der Waals surface area contributed by atoms with Gasteiger partial charge in [0.05, 0.1) is 24.5 Å². The Hall–Kier alpha value is -2.44. The molecule has 1 aliphatic rings. The average Bonchev–Trinajstić information content (AvgIpc) is 2.54. The molecule has 1 unspecified atom stereocenters. The highest BCUT2D eigenvalue weighted by Gasteiger charge is 2.30. The number of esters is 3. The zero-order chi connectivity index (χ0) is 17.7. The fourth-order valence-corrected chi connectivity index (χ4v) is 2.70. The lowest BCUT2D eigenvalue weighted by molar-refractivity contribution is -0.147. The number of hydrogen-bond donors (Lipinski definition) is 0. The molecule has 7 heteroatoms. The van der Waals surface area contributed by atoms with E-state index < -0.39 is 24.0 Å². The van der Waals surface area contributed by atoms with Crippen molar-refractivity contribution >= 4 is 17.9 Å². The van der Waals surface area contributed by atoms with Crippen LogP contribution in [0.4, 0.5) is 0 Å². The molecule has 0 radical (unpaired) electrons. The van der Waals surface area contributed by atoms with Crippen molar-refractivity contribution in [3.8, 4) is 0 Å². The number of aryl methyl sites for hydroxylation is 1. The van der Waals surface area contributed by atoms with Crippen LogP contribution in [-0.4, -0.2) is 36.1 Å². The van der Waals surface area contributed by atoms with Crippen molar-refractivity contribution in [2.75, 3.05) is 13.2 Å². The topological polar surface area (TPSA) is 91.8 Å². The van der Waals surface area contributed by atoms with Crippen LogP contribution in [0.2, 0.25) is 0 Å². The van der Waals surface area contributed by atoms with Gasteiger partial charge in [0, 0.05) is 6.92 Å². The van der Waals surface area contributed by atoms with Gasteiger partial charge in [0.2, 0.25) is 0 Å². The molecule has 0 saturated heterocycles. The van der Waals surface area contributed by atoms with Gasteiger partial charge in [-0.3, -0.25) is 4.79 Å². The van der Waals surface area contributed by atoms with Crippen LogP contribution in [0, 0.1) is 0 Å². The fourth-order valence-electron chi connectivity index (χ4n) is 2.70. The largest absolute Gasteiger partial charge is 0.462 e. The van der Waals surface area contributed by atoms with Gasteiger partial charge in [0.25, 0.3) is 0 Å². The van der Waals surface area contributed by atoms with Gasteiger partial charge in [-0.05, 0) is 44.7 Å². The summed E-state index contributed by atoms with van der Waals surface area (Å²) in [6.07, 6.45) is 1.60. The highest BCUT2D eigenvalue weighted by molar-refractivity contribution is 6.02. The molecule has 0 aromatic carbocycles. The first kappa shape index (κ1) is 17.9. The molecule has 130 valence electrons. The van der Waals surface area contributed by atoms with Crippen LogP contribution >= 0.6 is 0 Å². The summed E-state index contributed by atoms with van der Waals surface area (Å²) in [5.74, 6) is -1.73. The van der Waals surface area contributed by atoms with E-state index in [9.17, 15) is 14.4 Å². The van der Waals surface area contributed by atoms with E-state index >= 15 is 0 Å². The number of rotatable bonds is 5. The fraction of sp³-hybridized carbons (Fsp3) is 0.529. The van der Waals surface area contributed by atoms with Gasteiger partial charge in [0.1, 0.15) is 6.10 Å². The number of carbonyl (C=O) groups excluding carboxylic acids is 3. The highest BCUT2D eigenvalue weighted by Crippen LogP contribution is 2.33. The molecule has 1 heterocycles. The van der Waals surface area contributed by atoms with Crippen LogP contribution in [0.3, 0.4) is 0 Å². The normalized spacial score (nSPS) is 16.0. The van der Waals surface area contributed by atoms with E-state index in [0.29, 0.717) is 18.5 Å². The van der Waals surface area contributed by atoms with Crippen LogP contribution in [0.5, 0.6) is 0 Å². The lowest BCUT2D eigenvalue weighted by Gasteiger charge is -2.25. The van der Waals surface area contributed by atoms with Gasteiger partial charge >= 0.3 is 17.9 Å². The van der Waals surface area contributed by atoms with Crippen LogP contribution in [0.1, 0.15) is 71.8 Å². The van der Waals surface area contributed by atoms with Crippen molar-refractivity contribution in [2.24, 2.45) is 0 Å². The molecule has 0 fully saturated rings. The second-order valence-corrected chi connectivity index (χ2v) is 5.36. The van der Waals surface area contributed by atoms with Crippen molar-refractivity contribution < 1.29 is 28.6 Å². The Morgan fingerprint density at radius 3 is 2.46 bits per heavy atom. The van der Waals surface area contributed by atoms with E-state index in [0.717, 1.165) is 12.0 Å². The molecule has 0 amide bonds. The number of pyridine rings is 1. The molecule has 7 nitrogen and oxygen atoms in total. The Kier molecular flexibility index (Phi) is 5.89. The van der Waals surface area contributed by atoms with E-state index in [1.165, 1.54) is 6.92 Å². The maximum Gasteiger partial charge on any atom is 0.357 e. The first-order valence-electron chi connectivity index (χ1n) is 8.03. The quantitative estimate of drug-likeness (QED) is 0.602. The molecular formula is C17H21NO6. The van der Waals surface area contributed by atoms with Crippen molar-refractivity contribution in [3.05, 3.63) is 28.6 Å². The predicted molar refractivity (Wildman–Crippen MR) is 83.6 cm³/mol. The summed E-state index contributed by atoms with van der Waals surface area (Å²) >= 11 is 0. The lowest BCUT2D eigenvalue weighted by atomic mass is 9.91. The standard InChI is InChI=1S/C17H21NO6/c1-4-22-16(20)12-9-11-7-6-8-13(24-10(3)19)14(11)18-15(12)17(21)23-5-2/h9,13H,4-8H2,1-3H3. The Labute approximate surface area is 140 Å². The van der Waals surface area contributed by atoms with Gasteiger partial charge in [-0.25, -0.2) is 14.6 Å². The molecule has 0 saturated carbocycles. The van der Waals surface area contributed by atoms with E-state index in [1.54, 1.807) is 19.9 Å². The van der Waals surface area contributed by atoms with Crippen molar-refractivity contribution in [3.63, 3.8) is 0 Å². The molecule has 0 bridgehead atoms. The summed E-state index contributed by atoms with van der Waals surface area (Å²) in [5, 5.41) is 0. The number of aromatic nitrogens is 1. The summed E-state index contributed by atoms with van der Waals surface area (Å²) < 4.78 is 15.3. The zero-order valence-corrected chi connectivity index (χ0v) is 14.1. The summed E-state index contributed by atoms with van der Waals surface area (Å²) in [4.78, 5) is 40.0. The first-order chi connectivity index (χ1) is 11.5. The zero-order valence-electron chi connectivity index (χ0n) is 14.1. The second-order valence-electron chi connectivity index (χ2n) is 5.36. The molecule has 0 aliphatic heterocycles. The first-order valence-corrected chi connectivity index (χ1v) is 8.03. The van der Waals surface area contributed by atoms with Gasteiger partial charge in [-0.1, -0.05) is 0 Å². The van der Waals surface area contributed by atoms with Gasteiger partial charge in [-0.15, -0.1) is 0 Å². The average molecular weight is 335 g/mol. The number of hydrogen-bond acceptors (Lipinski definition) is 7. The number of fused-ring (bicyclic) bond motifs is 1. The summed E-state index contributed by atoms with van der Waals surface area (Å²) in [6.45, 7) is 5.03. The summed E-state index contributed by atoms with van der Waals surface area (Å²) in [5.41, 5.74) is 1.27. The third-order valence-corrected chi connectivity index (χ3v) is 3.62. The van der Waals surface area contributed by atoms with Crippen LogP contribution in [0.25, 0.3) is 0 Å². The number of nitrogens with zero attached hydrogens (tertiary/aromatic N) is 1. The van der Waals surface area contributed by atoms with E-state index in [-0.39, 0.29) is 24.5 Å². The lowest BCUT2D eigenvalue weighted by Crippen LogP contribution is -2.23. The molecule has 1 atom stereocenters. The van der Waals surface area contributed by atoms with Crippen LogP contribution in [0.15, 0.2) is 6.07 Å². The molecule has 2 rings (SSSR count). The SMILES string of the molecule is CCOC(=O)c1cc2c(nc1C(=O)OCC)C(OC(C)=O)CCC2. The second kappa shape index (κ2) is 7.90. The minimum Gasteiger partial charge on any atom is -0.462 e. The molecule has 1 aliphatic carbocycles. The number of carbonyl (C=O) groups is 3. The molecular weight excluding hydrogens is 314 g/mol. The number of ether oxygens (including phenoxy) is 3. The van der Waals surface area contributed by atoms with E-state index in [1.807, 2.05) is 0 Å². The van der Waals surface area contributed by atoms with Gasteiger partial charge in [-0.2, -0.15) is 0 Å². The maximum atomic E-state index is 12.2. The Morgan fingerprint density at radius 1 is 1.17 bits per heavy atom. The van der Waals surface area contributed by atoms with Crippen molar-refractivity contribution in [1.29, 1.82) is 0 Å². The Balaban J connectivity index is 2.51. The third kappa shape index (κ3) is 3.90. The maximum absolute atomic E-state index is 12.2. The van der Waals surface area contributed by atoms with Crippen molar-refractivity contribution in [1.82, 2.24) is 4.98 Å². The van der Waals surface area contributed by atoms with Crippen LogP contribution < -0.4 is 0 Å². The molecule has 24 heavy (non-hydrogen) atoms. The van der Waals surface area contributed by atoms with E-state index in [2.05, 4.69) is 4.98 Å². The Bertz CT molecular complexity index is 655. The van der Waals surface area contributed by atoms with Gasteiger partial charge < -0.3 is 14.2 Å². The summed E-state index contributed by atoms with van der Waals surface area (Å²) in [7, 11) is 0. The monoisotopic (exact) mass is 335 g/mol. The minimum atomic E-state index is -0.699. The molecule has 0 N–H and O–H groups in total. The molecule has 1 aromatic rings. The minimum absolute atomic E-state index is 0.0810. The predicted octanol–water partition coefficient (Wildman–Crippen LogP) is 2.38. The van der Waals surface area contributed by atoms with Crippen molar-refractivity contribution in [2.45, 2.75) is 46.1 Å². The third-order valence-electron chi connectivity index (χ3n) is 3.62. The van der Waals surface area contributed by atoms with Gasteiger partial charge in [0.15, 0.2) is 5.69 Å². The Morgan fingerprint density at radius 2 is 1.83 bits per heavy atom.